The van der Waals surface area contributed by atoms with Crippen LogP contribution in [0.1, 0.15) is 11.3 Å². The van der Waals surface area contributed by atoms with Crippen molar-refractivity contribution in [2.45, 2.75) is 17.6 Å². The summed E-state index contributed by atoms with van der Waals surface area (Å²) in [5, 5.41) is 0. The molecule has 0 aliphatic heterocycles. The first-order valence-corrected chi connectivity index (χ1v) is 8.33. The van der Waals surface area contributed by atoms with Gasteiger partial charge in [-0.25, -0.2) is 18.1 Å². The third-order valence-electron chi connectivity index (χ3n) is 2.52. The van der Waals surface area contributed by atoms with E-state index < -0.39 is 10.0 Å². The molecule has 0 spiro atoms. The van der Waals surface area contributed by atoms with Gasteiger partial charge < -0.3 is 0 Å². The highest BCUT2D eigenvalue weighted by molar-refractivity contribution is 7.91. The third kappa shape index (κ3) is 3.76. The van der Waals surface area contributed by atoms with Crippen LogP contribution in [0.25, 0.3) is 0 Å². The second kappa shape index (κ2) is 6.00. The zero-order valence-electron chi connectivity index (χ0n) is 10.3. The van der Waals surface area contributed by atoms with E-state index in [0.29, 0.717) is 18.7 Å². The number of halogens is 1. The molecule has 1 N–H and O–H groups in total. The minimum Gasteiger partial charge on any atom is -0.229 e. The van der Waals surface area contributed by atoms with Crippen LogP contribution in [0.3, 0.4) is 0 Å². The van der Waals surface area contributed by atoms with E-state index in [0.717, 1.165) is 16.9 Å². The summed E-state index contributed by atoms with van der Waals surface area (Å²) in [6.07, 6.45) is 0.644. The van der Waals surface area contributed by atoms with Crippen LogP contribution >= 0.6 is 22.9 Å². The maximum Gasteiger partial charge on any atom is 0.251 e. The highest BCUT2D eigenvalue weighted by atomic mass is 35.5. The molecule has 0 saturated heterocycles. The molecule has 7 heteroatoms. The van der Waals surface area contributed by atoms with E-state index in [-0.39, 0.29) is 8.68 Å². The molecule has 0 fully saturated rings. The van der Waals surface area contributed by atoms with E-state index in [4.69, 9.17) is 11.6 Å². The van der Waals surface area contributed by atoms with Crippen molar-refractivity contribution < 1.29 is 8.42 Å². The van der Waals surface area contributed by atoms with Gasteiger partial charge in [-0.1, -0.05) is 53.3 Å². The Kier molecular flexibility index (Phi) is 4.57. The van der Waals surface area contributed by atoms with Crippen LogP contribution in [0.2, 0.25) is 4.47 Å². The van der Waals surface area contributed by atoms with Gasteiger partial charge in [0, 0.05) is 6.54 Å². The molecule has 0 saturated carbocycles. The second-order valence-electron chi connectivity index (χ2n) is 3.97. The van der Waals surface area contributed by atoms with Crippen molar-refractivity contribution in [1.82, 2.24) is 9.71 Å². The van der Waals surface area contributed by atoms with Crippen LogP contribution in [-0.2, 0) is 16.4 Å². The van der Waals surface area contributed by atoms with Gasteiger partial charge in [0.25, 0.3) is 10.0 Å². The first kappa shape index (κ1) is 14.5. The molecule has 102 valence electrons. The fraction of sp³-hybridized carbons (Fsp3) is 0.250. The number of aryl methyl sites for hydroxylation is 1. The SMILES string of the molecule is Cc1nc(Cl)sc1S(=O)(=O)NCCc1ccccc1. The Balaban J connectivity index is 2.01. The van der Waals surface area contributed by atoms with E-state index in [9.17, 15) is 8.42 Å². The van der Waals surface area contributed by atoms with Crippen molar-refractivity contribution >= 4 is 33.0 Å². The van der Waals surface area contributed by atoms with E-state index in [1.165, 1.54) is 0 Å². The first-order chi connectivity index (χ1) is 8.99. The molecule has 0 unspecified atom stereocenters. The Morgan fingerprint density at radius 3 is 2.58 bits per heavy atom. The molecule has 0 aliphatic rings. The minimum absolute atomic E-state index is 0.186. The Hall–Kier alpha value is -0.950. The number of sulfonamides is 1. The van der Waals surface area contributed by atoms with Crippen molar-refractivity contribution in [1.29, 1.82) is 0 Å². The summed E-state index contributed by atoms with van der Waals surface area (Å²) in [6.45, 7) is 1.98. The van der Waals surface area contributed by atoms with Crippen molar-refractivity contribution in [2.24, 2.45) is 0 Å². The summed E-state index contributed by atoms with van der Waals surface area (Å²) in [5.74, 6) is 0. The van der Waals surface area contributed by atoms with Gasteiger partial charge in [0.2, 0.25) is 0 Å². The highest BCUT2D eigenvalue weighted by Crippen LogP contribution is 2.26. The molecule has 0 aliphatic carbocycles. The van der Waals surface area contributed by atoms with Crippen LogP contribution in [-0.4, -0.2) is 19.9 Å². The predicted octanol–water partition coefficient (Wildman–Crippen LogP) is 2.63. The van der Waals surface area contributed by atoms with E-state index in [2.05, 4.69) is 9.71 Å². The molecule has 0 amide bonds. The highest BCUT2D eigenvalue weighted by Gasteiger charge is 2.20. The van der Waals surface area contributed by atoms with Gasteiger partial charge in [-0.2, -0.15) is 0 Å². The maximum atomic E-state index is 12.1. The molecule has 0 atom stereocenters. The van der Waals surface area contributed by atoms with Gasteiger partial charge in [0.15, 0.2) is 8.68 Å². The normalized spacial score (nSPS) is 11.7. The standard InChI is InChI=1S/C12H13ClN2O2S2/c1-9-11(18-12(13)15-9)19(16,17)14-8-7-10-5-3-2-4-6-10/h2-6,14H,7-8H2,1H3. The zero-order valence-corrected chi connectivity index (χ0v) is 12.6. The molecule has 0 radical (unpaired) electrons. The molecule has 4 nitrogen and oxygen atoms in total. The lowest BCUT2D eigenvalue weighted by Gasteiger charge is -2.05. The molecular weight excluding hydrogens is 304 g/mol. The molecular formula is C12H13ClN2O2S2. The molecule has 2 rings (SSSR count). The Bertz CT molecular complexity index is 654. The topological polar surface area (TPSA) is 59.1 Å². The lowest BCUT2D eigenvalue weighted by molar-refractivity contribution is 0.583. The minimum atomic E-state index is -3.52. The third-order valence-corrected chi connectivity index (χ3v) is 5.85. The molecule has 19 heavy (non-hydrogen) atoms. The van der Waals surface area contributed by atoms with E-state index in [1.54, 1.807) is 6.92 Å². The van der Waals surface area contributed by atoms with Gasteiger partial charge in [0.1, 0.15) is 0 Å². The fourth-order valence-electron chi connectivity index (χ4n) is 1.64. The quantitative estimate of drug-likeness (QED) is 0.922. The van der Waals surface area contributed by atoms with E-state index >= 15 is 0 Å². The summed E-state index contributed by atoms with van der Waals surface area (Å²) in [5.41, 5.74) is 1.52. The van der Waals surface area contributed by atoms with Gasteiger partial charge in [-0.05, 0) is 18.9 Å². The summed E-state index contributed by atoms with van der Waals surface area (Å²) in [7, 11) is -3.52. The van der Waals surface area contributed by atoms with Gasteiger partial charge >= 0.3 is 0 Å². The number of rotatable bonds is 5. The Morgan fingerprint density at radius 1 is 1.32 bits per heavy atom. The molecule has 1 heterocycles. The van der Waals surface area contributed by atoms with Crippen molar-refractivity contribution in [3.8, 4) is 0 Å². The fourth-order valence-corrected chi connectivity index (χ4v) is 4.45. The number of hydrogen-bond donors (Lipinski definition) is 1. The molecule has 0 bridgehead atoms. The van der Waals surface area contributed by atoms with Gasteiger partial charge in [-0.3, -0.25) is 0 Å². The van der Waals surface area contributed by atoms with Crippen molar-refractivity contribution in [3.05, 3.63) is 46.1 Å². The maximum absolute atomic E-state index is 12.1. The van der Waals surface area contributed by atoms with Crippen LogP contribution < -0.4 is 4.72 Å². The van der Waals surface area contributed by atoms with Crippen molar-refractivity contribution in [3.63, 3.8) is 0 Å². The van der Waals surface area contributed by atoms with Crippen LogP contribution in [0.4, 0.5) is 0 Å². The number of aromatic nitrogens is 1. The average Bonchev–Trinajstić information content (AvgIpc) is 2.70. The van der Waals surface area contributed by atoms with Crippen molar-refractivity contribution in [2.75, 3.05) is 6.54 Å². The Labute approximate surface area is 121 Å². The first-order valence-electron chi connectivity index (χ1n) is 5.65. The van der Waals surface area contributed by atoms with Gasteiger partial charge in [-0.15, -0.1) is 0 Å². The lowest BCUT2D eigenvalue weighted by Crippen LogP contribution is -2.25. The Morgan fingerprint density at radius 2 is 2.00 bits per heavy atom. The number of thiazole rings is 1. The lowest BCUT2D eigenvalue weighted by atomic mass is 10.2. The molecule has 1 aromatic carbocycles. The second-order valence-corrected chi connectivity index (χ2v) is 7.52. The van der Waals surface area contributed by atoms with Crippen LogP contribution in [0.15, 0.2) is 34.5 Å². The summed E-state index contributed by atoms with van der Waals surface area (Å²) >= 11 is 6.69. The number of nitrogens with zero attached hydrogens (tertiary/aromatic N) is 1. The largest absolute Gasteiger partial charge is 0.251 e. The summed E-state index contributed by atoms with van der Waals surface area (Å²) in [6, 6.07) is 9.70. The number of benzene rings is 1. The monoisotopic (exact) mass is 316 g/mol. The van der Waals surface area contributed by atoms with Crippen LogP contribution in [0, 0.1) is 6.92 Å². The average molecular weight is 317 g/mol. The molecule has 1 aromatic heterocycles. The summed E-state index contributed by atoms with van der Waals surface area (Å²) in [4.78, 5) is 3.91. The number of hydrogen-bond acceptors (Lipinski definition) is 4. The predicted molar refractivity (Wildman–Crippen MR) is 77.2 cm³/mol. The van der Waals surface area contributed by atoms with E-state index in [1.807, 2.05) is 30.3 Å². The molecule has 2 aromatic rings. The zero-order chi connectivity index (χ0) is 13.9. The van der Waals surface area contributed by atoms with Crippen LogP contribution in [0.5, 0.6) is 0 Å². The number of nitrogens with one attached hydrogen (secondary N) is 1. The van der Waals surface area contributed by atoms with Gasteiger partial charge in [0.05, 0.1) is 5.69 Å². The smallest absolute Gasteiger partial charge is 0.229 e. The summed E-state index contributed by atoms with van der Waals surface area (Å²) < 4.78 is 27.1.